The minimum absolute atomic E-state index is 0.0173. The minimum atomic E-state index is -0.0173. The van der Waals surface area contributed by atoms with E-state index in [9.17, 15) is 0 Å². The molecule has 1 aromatic rings. The highest BCUT2D eigenvalue weighted by Crippen LogP contribution is 2.34. The molecule has 17 heavy (non-hydrogen) atoms. The van der Waals surface area contributed by atoms with Gasteiger partial charge in [-0.05, 0) is 23.6 Å². The number of nitrogens with zero attached hydrogens (tertiary/aromatic N) is 1. The van der Waals surface area contributed by atoms with Crippen LogP contribution in [-0.2, 0) is 5.41 Å². The molecule has 0 N–H and O–H groups in total. The van der Waals surface area contributed by atoms with Gasteiger partial charge in [0.1, 0.15) is 18.1 Å². The fourth-order valence-corrected chi connectivity index (χ4v) is 1.55. The molecule has 0 aliphatic carbocycles. The van der Waals surface area contributed by atoms with Gasteiger partial charge in [-0.25, -0.2) is 0 Å². The lowest BCUT2D eigenvalue weighted by Gasteiger charge is -2.23. The van der Waals surface area contributed by atoms with Gasteiger partial charge in [-0.3, -0.25) is 0 Å². The van der Waals surface area contributed by atoms with Crippen LogP contribution in [0.15, 0.2) is 18.2 Å². The van der Waals surface area contributed by atoms with Crippen LogP contribution in [0.3, 0.4) is 0 Å². The van der Waals surface area contributed by atoms with E-state index in [4.69, 9.17) is 14.7 Å². The van der Waals surface area contributed by atoms with E-state index in [-0.39, 0.29) is 5.41 Å². The molecule has 0 unspecified atom stereocenters. The van der Waals surface area contributed by atoms with Crippen LogP contribution in [0.4, 0.5) is 0 Å². The van der Waals surface area contributed by atoms with E-state index < -0.39 is 0 Å². The maximum atomic E-state index is 8.51. The highest BCUT2D eigenvalue weighted by molar-refractivity contribution is 5.44. The Balaban J connectivity index is 2.99. The first-order valence-corrected chi connectivity index (χ1v) is 5.67. The lowest BCUT2D eigenvalue weighted by Crippen LogP contribution is -2.14. The van der Waals surface area contributed by atoms with Crippen molar-refractivity contribution in [1.29, 1.82) is 5.26 Å². The number of benzene rings is 1. The maximum absolute atomic E-state index is 8.51. The second-order valence-corrected chi connectivity index (χ2v) is 4.87. The van der Waals surface area contributed by atoms with E-state index in [1.165, 1.54) is 0 Å². The van der Waals surface area contributed by atoms with Crippen LogP contribution in [0.5, 0.6) is 11.5 Å². The molecule has 0 spiro atoms. The van der Waals surface area contributed by atoms with Crippen molar-refractivity contribution in [2.45, 2.75) is 32.6 Å². The Bertz CT molecular complexity index is 413. The highest BCUT2D eigenvalue weighted by atomic mass is 16.5. The number of rotatable bonds is 4. The summed E-state index contributed by atoms with van der Waals surface area (Å²) in [6.45, 7) is 6.79. The first kappa shape index (κ1) is 13.4. The molecule has 0 saturated carbocycles. The zero-order valence-corrected chi connectivity index (χ0v) is 10.9. The Kier molecular flexibility index (Phi) is 4.39. The molecular formula is C14H19NO2. The summed E-state index contributed by atoms with van der Waals surface area (Å²) in [5.74, 6) is 1.65. The monoisotopic (exact) mass is 233 g/mol. The Labute approximate surface area is 103 Å². The Morgan fingerprint density at radius 1 is 1.29 bits per heavy atom. The SMILES string of the molecule is COc1ccc(OCCC#N)c(C(C)(C)C)c1. The number of nitriles is 1. The van der Waals surface area contributed by atoms with Crippen molar-refractivity contribution in [1.82, 2.24) is 0 Å². The molecule has 0 radical (unpaired) electrons. The lowest BCUT2D eigenvalue weighted by atomic mass is 9.86. The van der Waals surface area contributed by atoms with E-state index in [0.717, 1.165) is 17.1 Å². The summed E-state index contributed by atoms with van der Waals surface area (Å²) in [7, 11) is 1.65. The van der Waals surface area contributed by atoms with Gasteiger partial charge in [0.25, 0.3) is 0 Å². The largest absolute Gasteiger partial charge is 0.497 e. The van der Waals surface area contributed by atoms with Gasteiger partial charge in [0.05, 0.1) is 19.6 Å². The second kappa shape index (κ2) is 5.58. The molecule has 0 amide bonds. The Morgan fingerprint density at radius 3 is 2.53 bits per heavy atom. The van der Waals surface area contributed by atoms with Crippen LogP contribution < -0.4 is 9.47 Å². The third-order valence-corrected chi connectivity index (χ3v) is 2.47. The molecule has 0 bridgehead atoms. The molecule has 3 heteroatoms. The molecular weight excluding hydrogens is 214 g/mol. The van der Waals surface area contributed by atoms with Crippen molar-refractivity contribution in [2.24, 2.45) is 0 Å². The fraction of sp³-hybridized carbons (Fsp3) is 0.500. The van der Waals surface area contributed by atoms with Crippen LogP contribution in [0.2, 0.25) is 0 Å². The molecule has 0 fully saturated rings. The van der Waals surface area contributed by atoms with Gasteiger partial charge in [0.2, 0.25) is 0 Å². The lowest BCUT2D eigenvalue weighted by molar-refractivity contribution is 0.315. The molecule has 3 nitrogen and oxygen atoms in total. The summed E-state index contributed by atoms with van der Waals surface area (Å²) in [6.07, 6.45) is 0.398. The Morgan fingerprint density at radius 2 is 2.00 bits per heavy atom. The van der Waals surface area contributed by atoms with Crippen LogP contribution in [0, 0.1) is 11.3 Å². The van der Waals surface area contributed by atoms with Crippen molar-refractivity contribution in [3.8, 4) is 17.6 Å². The molecule has 0 saturated heterocycles. The van der Waals surface area contributed by atoms with Crippen molar-refractivity contribution in [3.05, 3.63) is 23.8 Å². The van der Waals surface area contributed by atoms with Gasteiger partial charge in [-0.1, -0.05) is 20.8 Å². The first-order chi connectivity index (χ1) is 7.99. The van der Waals surface area contributed by atoms with E-state index in [1.54, 1.807) is 7.11 Å². The molecule has 0 aliphatic rings. The van der Waals surface area contributed by atoms with E-state index >= 15 is 0 Å². The van der Waals surface area contributed by atoms with Crippen molar-refractivity contribution in [2.75, 3.05) is 13.7 Å². The van der Waals surface area contributed by atoms with Crippen LogP contribution in [0.25, 0.3) is 0 Å². The molecule has 1 rings (SSSR count). The number of methoxy groups -OCH3 is 1. The molecule has 0 atom stereocenters. The zero-order valence-electron chi connectivity index (χ0n) is 10.9. The summed E-state index contributed by atoms with van der Waals surface area (Å²) in [6, 6.07) is 7.83. The predicted octanol–water partition coefficient (Wildman–Crippen LogP) is 3.29. The summed E-state index contributed by atoms with van der Waals surface area (Å²) in [5, 5.41) is 8.51. The zero-order chi connectivity index (χ0) is 12.9. The van der Waals surface area contributed by atoms with E-state index in [0.29, 0.717) is 13.0 Å². The summed E-state index contributed by atoms with van der Waals surface area (Å²) in [5.41, 5.74) is 1.08. The molecule has 1 aromatic carbocycles. The van der Waals surface area contributed by atoms with Gasteiger partial charge in [0, 0.05) is 5.56 Å². The maximum Gasteiger partial charge on any atom is 0.123 e. The number of hydrogen-bond acceptors (Lipinski definition) is 3. The van der Waals surface area contributed by atoms with Crippen molar-refractivity contribution in [3.63, 3.8) is 0 Å². The second-order valence-electron chi connectivity index (χ2n) is 4.87. The summed E-state index contributed by atoms with van der Waals surface area (Å²) >= 11 is 0. The van der Waals surface area contributed by atoms with Crippen molar-refractivity contribution >= 4 is 0 Å². The third-order valence-electron chi connectivity index (χ3n) is 2.47. The van der Waals surface area contributed by atoms with Gasteiger partial charge >= 0.3 is 0 Å². The van der Waals surface area contributed by atoms with Crippen molar-refractivity contribution < 1.29 is 9.47 Å². The molecule has 92 valence electrons. The number of hydrogen-bond donors (Lipinski definition) is 0. The standard InChI is InChI=1S/C14H19NO2/c1-14(2,3)12-10-11(16-4)6-7-13(12)17-9-5-8-15/h6-7,10H,5,9H2,1-4H3. The van der Waals surface area contributed by atoms with E-state index in [2.05, 4.69) is 26.8 Å². The van der Waals surface area contributed by atoms with Gasteiger partial charge in [-0.15, -0.1) is 0 Å². The molecule has 0 aliphatic heterocycles. The Hall–Kier alpha value is -1.69. The van der Waals surface area contributed by atoms with Crippen LogP contribution in [0.1, 0.15) is 32.8 Å². The van der Waals surface area contributed by atoms with Gasteiger partial charge in [-0.2, -0.15) is 5.26 Å². The van der Waals surface area contributed by atoms with E-state index in [1.807, 2.05) is 18.2 Å². The fourth-order valence-electron chi connectivity index (χ4n) is 1.55. The predicted molar refractivity (Wildman–Crippen MR) is 67.4 cm³/mol. The quantitative estimate of drug-likeness (QED) is 0.749. The average Bonchev–Trinajstić information content (AvgIpc) is 2.28. The normalized spacial score (nSPS) is 10.8. The highest BCUT2D eigenvalue weighted by Gasteiger charge is 2.19. The minimum Gasteiger partial charge on any atom is -0.497 e. The number of ether oxygens (including phenoxy) is 2. The topological polar surface area (TPSA) is 42.2 Å². The first-order valence-electron chi connectivity index (χ1n) is 5.67. The third kappa shape index (κ3) is 3.67. The van der Waals surface area contributed by atoms with Gasteiger partial charge < -0.3 is 9.47 Å². The summed E-state index contributed by atoms with van der Waals surface area (Å²) < 4.78 is 10.8. The molecule has 0 heterocycles. The smallest absolute Gasteiger partial charge is 0.123 e. The van der Waals surface area contributed by atoms with Crippen LogP contribution >= 0.6 is 0 Å². The summed E-state index contributed by atoms with van der Waals surface area (Å²) in [4.78, 5) is 0. The van der Waals surface area contributed by atoms with Crippen LogP contribution in [-0.4, -0.2) is 13.7 Å². The molecule has 0 aromatic heterocycles. The average molecular weight is 233 g/mol. The van der Waals surface area contributed by atoms with Gasteiger partial charge in [0.15, 0.2) is 0 Å².